The minimum atomic E-state index is -0.610. The van der Waals surface area contributed by atoms with E-state index >= 15 is 0 Å². The van der Waals surface area contributed by atoms with Crippen LogP contribution < -0.4 is 10.1 Å². The van der Waals surface area contributed by atoms with Gasteiger partial charge in [-0.05, 0) is 58.4 Å². The molecule has 1 atom stereocenters. The zero-order chi connectivity index (χ0) is 18.7. The maximum Gasteiger partial charge on any atom is 0.255 e. The molecule has 1 N–H and O–H groups in total. The van der Waals surface area contributed by atoms with Crippen LogP contribution in [0.25, 0.3) is 0 Å². The van der Waals surface area contributed by atoms with Crippen molar-refractivity contribution in [1.29, 1.82) is 0 Å². The summed E-state index contributed by atoms with van der Waals surface area (Å²) in [5.74, 6) is 0.419. The second-order valence-electron chi connectivity index (χ2n) is 5.64. The Hall–Kier alpha value is -2.06. The molecule has 0 spiro atoms. The summed E-state index contributed by atoms with van der Waals surface area (Å²) in [4.78, 5) is 26.8. The lowest BCUT2D eigenvalue weighted by molar-refractivity contribution is -0.119. The van der Waals surface area contributed by atoms with Gasteiger partial charge in [0.1, 0.15) is 17.6 Å². The van der Waals surface area contributed by atoms with Crippen LogP contribution in [0.4, 0.5) is 10.1 Å². The summed E-state index contributed by atoms with van der Waals surface area (Å²) >= 11 is 4.55. The van der Waals surface area contributed by atoms with E-state index in [2.05, 4.69) is 21.2 Å². The SMILES string of the molecule is COc1ccc(NC(=O)C2CSCN2C(=O)c2ccc(Br)c(F)c2)cc1. The van der Waals surface area contributed by atoms with Gasteiger partial charge >= 0.3 is 0 Å². The zero-order valence-electron chi connectivity index (χ0n) is 13.9. The van der Waals surface area contributed by atoms with Crippen LogP contribution >= 0.6 is 27.7 Å². The Labute approximate surface area is 163 Å². The first kappa shape index (κ1) is 18.7. The fourth-order valence-corrected chi connectivity index (χ4v) is 3.96. The van der Waals surface area contributed by atoms with E-state index < -0.39 is 11.9 Å². The van der Waals surface area contributed by atoms with E-state index in [1.54, 1.807) is 31.4 Å². The molecular weight excluding hydrogens is 423 g/mol. The highest BCUT2D eigenvalue weighted by Crippen LogP contribution is 2.26. The number of nitrogens with one attached hydrogen (secondary N) is 1. The van der Waals surface area contributed by atoms with Gasteiger partial charge in [0.15, 0.2) is 0 Å². The summed E-state index contributed by atoms with van der Waals surface area (Å²) in [7, 11) is 1.57. The molecule has 2 aromatic rings. The van der Waals surface area contributed by atoms with Gasteiger partial charge in [-0.3, -0.25) is 9.59 Å². The fraction of sp³-hybridized carbons (Fsp3) is 0.222. The van der Waals surface area contributed by atoms with Gasteiger partial charge in [-0.1, -0.05) is 0 Å². The Morgan fingerprint density at radius 3 is 2.65 bits per heavy atom. The standard InChI is InChI=1S/C18H16BrFN2O3S/c1-25-13-5-3-12(4-6-13)21-17(23)16-9-26-10-22(16)18(24)11-2-7-14(19)15(20)8-11/h2-8,16H,9-10H2,1H3,(H,21,23). The van der Waals surface area contributed by atoms with Crippen LogP contribution in [0.2, 0.25) is 0 Å². The fourth-order valence-electron chi connectivity index (χ4n) is 2.55. The summed E-state index contributed by atoms with van der Waals surface area (Å²) in [5, 5.41) is 2.81. The Bertz CT molecular complexity index is 832. The molecule has 1 fully saturated rings. The van der Waals surface area contributed by atoms with Crippen LogP contribution in [0.3, 0.4) is 0 Å². The third kappa shape index (κ3) is 4.02. The molecule has 1 aliphatic rings. The Morgan fingerprint density at radius 2 is 2.00 bits per heavy atom. The number of halogens is 2. The van der Waals surface area contributed by atoms with Gasteiger partial charge < -0.3 is 15.0 Å². The molecule has 2 amide bonds. The Morgan fingerprint density at radius 1 is 1.27 bits per heavy atom. The van der Waals surface area contributed by atoms with Crippen molar-refractivity contribution in [2.24, 2.45) is 0 Å². The van der Waals surface area contributed by atoms with Gasteiger partial charge in [0, 0.05) is 17.0 Å². The maximum absolute atomic E-state index is 13.7. The molecule has 0 aliphatic carbocycles. The van der Waals surface area contributed by atoms with E-state index in [0.29, 0.717) is 27.5 Å². The topological polar surface area (TPSA) is 58.6 Å². The van der Waals surface area contributed by atoms with Gasteiger partial charge in [0.25, 0.3) is 5.91 Å². The first-order valence-corrected chi connectivity index (χ1v) is 9.73. The first-order valence-electron chi connectivity index (χ1n) is 7.78. The third-order valence-electron chi connectivity index (χ3n) is 3.97. The number of nitrogens with zero attached hydrogens (tertiary/aromatic N) is 1. The molecule has 0 radical (unpaired) electrons. The molecular formula is C18H16BrFN2O3S. The number of hydrogen-bond acceptors (Lipinski definition) is 4. The molecule has 5 nitrogen and oxygen atoms in total. The van der Waals surface area contributed by atoms with Gasteiger partial charge in [0.2, 0.25) is 5.91 Å². The predicted molar refractivity (Wildman–Crippen MR) is 103 cm³/mol. The molecule has 0 aromatic heterocycles. The van der Waals surface area contributed by atoms with Crippen LogP contribution in [0, 0.1) is 5.82 Å². The summed E-state index contributed by atoms with van der Waals surface area (Å²) in [6, 6.07) is 10.5. The highest BCUT2D eigenvalue weighted by molar-refractivity contribution is 9.10. The molecule has 1 unspecified atom stereocenters. The summed E-state index contributed by atoms with van der Waals surface area (Å²) in [5.41, 5.74) is 0.838. The van der Waals surface area contributed by atoms with Crippen LogP contribution in [0.1, 0.15) is 10.4 Å². The second kappa shape index (κ2) is 8.09. The number of anilines is 1. The van der Waals surface area contributed by atoms with E-state index in [9.17, 15) is 14.0 Å². The number of thioether (sulfide) groups is 1. The molecule has 1 heterocycles. The quantitative estimate of drug-likeness (QED) is 0.789. The van der Waals surface area contributed by atoms with Crippen LogP contribution in [-0.2, 0) is 4.79 Å². The molecule has 136 valence electrons. The third-order valence-corrected chi connectivity index (χ3v) is 5.63. The van der Waals surface area contributed by atoms with Crippen molar-refractivity contribution in [2.75, 3.05) is 24.1 Å². The summed E-state index contributed by atoms with van der Waals surface area (Å²) in [6.45, 7) is 0. The highest BCUT2D eigenvalue weighted by atomic mass is 79.9. The number of hydrogen-bond donors (Lipinski definition) is 1. The van der Waals surface area contributed by atoms with Crippen LogP contribution in [0.5, 0.6) is 5.75 Å². The van der Waals surface area contributed by atoms with Crippen molar-refractivity contribution in [1.82, 2.24) is 4.90 Å². The van der Waals surface area contributed by atoms with E-state index in [0.717, 1.165) is 0 Å². The predicted octanol–water partition coefficient (Wildman–Crippen LogP) is 3.75. The molecule has 1 aliphatic heterocycles. The lowest BCUT2D eigenvalue weighted by Crippen LogP contribution is -2.44. The van der Waals surface area contributed by atoms with Gasteiger partial charge in [-0.15, -0.1) is 11.8 Å². The van der Waals surface area contributed by atoms with Crippen molar-refractivity contribution in [3.63, 3.8) is 0 Å². The lowest BCUT2D eigenvalue weighted by atomic mass is 10.1. The average Bonchev–Trinajstić information content (AvgIpc) is 3.14. The molecule has 0 saturated carbocycles. The van der Waals surface area contributed by atoms with E-state index in [1.807, 2.05) is 0 Å². The zero-order valence-corrected chi connectivity index (χ0v) is 16.3. The number of ether oxygens (including phenoxy) is 1. The molecule has 2 aromatic carbocycles. The molecule has 1 saturated heterocycles. The van der Waals surface area contributed by atoms with Crippen molar-refractivity contribution < 1.29 is 18.7 Å². The number of methoxy groups -OCH3 is 1. The van der Waals surface area contributed by atoms with Gasteiger partial charge in [0.05, 0.1) is 17.5 Å². The summed E-state index contributed by atoms with van der Waals surface area (Å²) in [6.07, 6.45) is 0. The van der Waals surface area contributed by atoms with Crippen LogP contribution in [-0.4, -0.2) is 41.5 Å². The maximum atomic E-state index is 13.7. The first-order chi connectivity index (χ1) is 12.5. The Balaban J connectivity index is 1.72. The van der Waals surface area contributed by atoms with Gasteiger partial charge in [-0.25, -0.2) is 4.39 Å². The van der Waals surface area contributed by atoms with Crippen molar-refractivity contribution in [2.45, 2.75) is 6.04 Å². The van der Waals surface area contributed by atoms with Crippen molar-refractivity contribution in [3.8, 4) is 5.75 Å². The normalized spacial score (nSPS) is 16.4. The molecule has 8 heteroatoms. The molecule has 3 rings (SSSR count). The lowest BCUT2D eigenvalue weighted by Gasteiger charge is -2.23. The minimum absolute atomic E-state index is 0.218. The van der Waals surface area contributed by atoms with E-state index in [4.69, 9.17) is 4.74 Å². The molecule has 26 heavy (non-hydrogen) atoms. The second-order valence-corrected chi connectivity index (χ2v) is 7.49. The highest BCUT2D eigenvalue weighted by Gasteiger charge is 2.35. The van der Waals surface area contributed by atoms with Crippen molar-refractivity contribution in [3.05, 3.63) is 58.3 Å². The minimum Gasteiger partial charge on any atom is -0.497 e. The Kier molecular flexibility index (Phi) is 5.83. The largest absolute Gasteiger partial charge is 0.497 e. The number of benzene rings is 2. The number of carbonyl (C=O) groups is 2. The van der Waals surface area contributed by atoms with E-state index in [1.165, 1.54) is 34.9 Å². The molecule has 0 bridgehead atoms. The number of amides is 2. The van der Waals surface area contributed by atoms with E-state index in [-0.39, 0.29) is 17.4 Å². The number of carbonyl (C=O) groups excluding carboxylic acids is 2. The monoisotopic (exact) mass is 438 g/mol. The van der Waals surface area contributed by atoms with Crippen LogP contribution in [0.15, 0.2) is 46.9 Å². The smallest absolute Gasteiger partial charge is 0.255 e. The number of rotatable bonds is 4. The summed E-state index contributed by atoms with van der Waals surface area (Å²) < 4.78 is 19.1. The van der Waals surface area contributed by atoms with Gasteiger partial charge in [-0.2, -0.15) is 0 Å². The van der Waals surface area contributed by atoms with Crippen molar-refractivity contribution >= 4 is 45.2 Å². The average molecular weight is 439 g/mol.